The molecule has 0 bridgehead atoms. The highest BCUT2D eigenvalue weighted by Crippen LogP contribution is 2.22. The molecule has 1 aromatic rings. The van der Waals surface area contributed by atoms with Crippen molar-refractivity contribution in [1.82, 2.24) is 10.2 Å². The van der Waals surface area contributed by atoms with Crippen LogP contribution in [0.15, 0.2) is 30.3 Å². The monoisotopic (exact) mass is 316 g/mol. The summed E-state index contributed by atoms with van der Waals surface area (Å²) in [5.41, 5.74) is 0.779. The number of nitrogens with zero attached hydrogens (tertiary/aromatic N) is 1. The van der Waals surface area contributed by atoms with Gasteiger partial charge in [0, 0.05) is 43.6 Å². The molecule has 1 N–H and O–H groups in total. The Labute approximate surface area is 137 Å². The van der Waals surface area contributed by atoms with E-state index in [4.69, 9.17) is 4.74 Å². The third-order valence-electron chi connectivity index (χ3n) is 4.70. The number of likely N-dealkylation sites (tertiary alicyclic amines) is 1. The summed E-state index contributed by atoms with van der Waals surface area (Å²) in [4.78, 5) is 26.7. The Morgan fingerprint density at radius 1 is 1.17 bits per heavy atom. The molecule has 2 saturated heterocycles. The largest absolute Gasteiger partial charge is 0.378 e. The Kier molecular flexibility index (Phi) is 5.41. The van der Waals surface area contributed by atoms with Gasteiger partial charge >= 0.3 is 0 Å². The average Bonchev–Trinajstić information content (AvgIpc) is 2.63. The second-order valence-corrected chi connectivity index (χ2v) is 6.32. The van der Waals surface area contributed by atoms with Crippen molar-refractivity contribution in [3.63, 3.8) is 0 Å². The minimum absolute atomic E-state index is 0.0394. The van der Waals surface area contributed by atoms with E-state index in [-0.39, 0.29) is 23.7 Å². The molecule has 0 radical (unpaired) electrons. The van der Waals surface area contributed by atoms with Crippen molar-refractivity contribution < 1.29 is 14.3 Å². The van der Waals surface area contributed by atoms with E-state index in [0.29, 0.717) is 26.1 Å². The number of nitrogens with one attached hydrogen (secondary N) is 1. The Morgan fingerprint density at radius 3 is 2.57 bits per heavy atom. The summed E-state index contributed by atoms with van der Waals surface area (Å²) < 4.78 is 5.39. The zero-order valence-electron chi connectivity index (χ0n) is 13.4. The summed E-state index contributed by atoms with van der Waals surface area (Å²) >= 11 is 0. The van der Waals surface area contributed by atoms with Gasteiger partial charge in [-0.25, -0.2) is 0 Å². The predicted octanol–water partition coefficient (Wildman–Crippen LogP) is 1.49. The maximum atomic E-state index is 12.5. The summed E-state index contributed by atoms with van der Waals surface area (Å²) in [6.07, 6.45) is 2.00. The highest BCUT2D eigenvalue weighted by Gasteiger charge is 2.29. The van der Waals surface area contributed by atoms with Gasteiger partial charge in [0.15, 0.2) is 5.78 Å². The van der Waals surface area contributed by atoms with E-state index in [9.17, 15) is 9.59 Å². The van der Waals surface area contributed by atoms with Crippen LogP contribution in [-0.4, -0.2) is 55.5 Å². The second-order valence-electron chi connectivity index (χ2n) is 6.32. The number of Topliss-reactive ketones (excluding diaryl/α,β-unsaturated/α-hetero) is 1. The predicted molar refractivity (Wildman–Crippen MR) is 87.3 cm³/mol. The first-order valence-electron chi connectivity index (χ1n) is 8.42. The van der Waals surface area contributed by atoms with Gasteiger partial charge in [-0.3, -0.25) is 9.59 Å². The normalized spacial score (nSPS) is 22.8. The van der Waals surface area contributed by atoms with Gasteiger partial charge in [-0.05, 0) is 12.8 Å². The SMILES string of the molecule is O=C(c1ccccc1)C1CCN(C(=O)C[C@H]2COCCN2)CC1. The number of benzene rings is 1. The molecule has 0 spiro atoms. The lowest BCUT2D eigenvalue weighted by Gasteiger charge is -2.33. The van der Waals surface area contributed by atoms with Crippen LogP contribution < -0.4 is 5.32 Å². The molecule has 1 aromatic carbocycles. The molecule has 2 heterocycles. The van der Waals surface area contributed by atoms with Crippen LogP contribution in [0, 0.1) is 5.92 Å². The first-order valence-corrected chi connectivity index (χ1v) is 8.42. The standard InChI is InChI=1S/C18H24N2O3/c21-17(12-16-13-23-11-8-19-16)20-9-6-15(7-10-20)18(22)14-4-2-1-3-5-14/h1-5,15-16,19H,6-13H2/t16-/m0/s1. The number of amides is 1. The fourth-order valence-corrected chi connectivity index (χ4v) is 3.32. The number of ketones is 1. The van der Waals surface area contributed by atoms with Crippen LogP contribution in [0.1, 0.15) is 29.6 Å². The van der Waals surface area contributed by atoms with E-state index in [1.807, 2.05) is 35.2 Å². The smallest absolute Gasteiger partial charge is 0.224 e. The molecule has 2 aliphatic rings. The van der Waals surface area contributed by atoms with Gasteiger partial charge in [0.25, 0.3) is 0 Å². The lowest BCUT2D eigenvalue weighted by molar-refractivity contribution is -0.133. The molecule has 2 aliphatic heterocycles. The zero-order chi connectivity index (χ0) is 16.1. The molecule has 2 fully saturated rings. The number of carbonyl (C=O) groups is 2. The molecule has 5 nitrogen and oxygen atoms in total. The lowest BCUT2D eigenvalue weighted by atomic mass is 9.88. The first-order chi connectivity index (χ1) is 11.2. The zero-order valence-corrected chi connectivity index (χ0v) is 13.4. The van der Waals surface area contributed by atoms with Crippen molar-refractivity contribution >= 4 is 11.7 Å². The van der Waals surface area contributed by atoms with Gasteiger partial charge in [-0.2, -0.15) is 0 Å². The Bertz CT molecular complexity index is 532. The van der Waals surface area contributed by atoms with Gasteiger partial charge < -0.3 is 15.0 Å². The van der Waals surface area contributed by atoms with E-state index in [0.717, 1.165) is 31.6 Å². The average molecular weight is 316 g/mol. The molecule has 0 unspecified atom stereocenters. The van der Waals surface area contributed by atoms with Crippen molar-refractivity contribution in [3.05, 3.63) is 35.9 Å². The third-order valence-corrected chi connectivity index (χ3v) is 4.70. The number of morpholine rings is 1. The van der Waals surface area contributed by atoms with Gasteiger partial charge in [0.2, 0.25) is 5.91 Å². The molecular formula is C18H24N2O3. The van der Waals surface area contributed by atoms with E-state index in [1.165, 1.54) is 0 Å². The summed E-state index contributed by atoms with van der Waals surface area (Å²) in [7, 11) is 0. The number of rotatable bonds is 4. The van der Waals surface area contributed by atoms with Crippen molar-refractivity contribution in [3.8, 4) is 0 Å². The van der Waals surface area contributed by atoms with E-state index in [1.54, 1.807) is 0 Å². The van der Waals surface area contributed by atoms with Crippen LogP contribution in [-0.2, 0) is 9.53 Å². The minimum Gasteiger partial charge on any atom is -0.378 e. The van der Waals surface area contributed by atoms with Gasteiger partial charge in [-0.15, -0.1) is 0 Å². The van der Waals surface area contributed by atoms with Crippen molar-refractivity contribution in [1.29, 1.82) is 0 Å². The fraction of sp³-hybridized carbons (Fsp3) is 0.556. The molecule has 0 aliphatic carbocycles. The number of carbonyl (C=O) groups excluding carboxylic acids is 2. The minimum atomic E-state index is 0.0394. The highest BCUT2D eigenvalue weighted by molar-refractivity contribution is 5.98. The highest BCUT2D eigenvalue weighted by atomic mass is 16.5. The molecule has 124 valence electrons. The fourth-order valence-electron chi connectivity index (χ4n) is 3.32. The van der Waals surface area contributed by atoms with Crippen LogP contribution in [0.5, 0.6) is 0 Å². The molecule has 5 heteroatoms. The van der Waals surface area contributed by atoms with Gasteiger partial charge in [0.1, 0.15) is 0 Å². The molecule has 3 rings (SSSR count). The topological polar surface area (TPSA) is 58.6 Å². The molecule has 0 saturated carbocycles. The number of piperidine rings is 1. The molecule has 1 atom stereocenters. The van der Waals surface area contributed by atoms with Gasteiger partial charge in [0.05, 0.1) is 13.2 Å². The van der Waals surface area contributed by atoms with Crippen LogP contribution in [0.3, 0.4) is 0 Å². The maximum absolute atomic E-state index is 12.5. The number of ether oxygens (including phenoxy) is 1. The van der Waals surface area contributed by atoms with E-state index >= 15 is 0 Å². The summed E-state index contributed by atoms with van der Waals surface area (Å²) in [6, 6.07) is 9.57. The van der Waals surface area contributed by atoms with Gasteiger partial charge in [-0.1, -0.05) is 30.3 Å². The van der Waals surface area contributed by atoms with Crippen molar-refractivity contribution in [2.45, 2.75) is 25.3 Å². The molecule has 0 aromatic heterocycles. The second kappa shape index (κ2) is 7.70. The quantitative estimate of drug-likeness (QED) is 0.855. The van der Waals surface area contributed by atoms with Crippen LogP contribution in [0.4, 0.5) is 0 Å². The summed E-state index contributed by atoms with van der Waals surface area (Å²) in [5.74, 6) is 0.413. The van der Waals surface area contributed by atoms with Crippen molar-refractivity contribution in [2.24, 2.45) is 5.92 Å². The number of hydrogen-bond donors (Lipinski definition) is 1. The van der Waals surface area contributed by atoms with Crippen LogP contribution >= 0.6 is 0 Å². The Hall–Kier alpha value is -1.72. The lowest BCUT2D eigenvalue weighted by Crippen LogP contribution is -2.47. The molecule has 23 heavy (non-hydrogen) atoms. The Morgan fingerprint density at radius 2 is 1.91 bits per heavy atom. The Balaban J connectivity index is 1.48. The summed E-state index contributed by atoms with van der Waals surface area (Å²) in [5, 5.41) is 3.31. The van der Waals surface area contributed by atoms with Crippen LogP contribution in [0.2, 0.25) is 0 Å². The first kappa shape index (κ1) is 16.1. The summed E-state index contributed by atoms with van der Waals surface area (Å²) in [6.45, 7) is 3.49. The maximum Gasteiger partial charge on any atom is 0.224 e. The van der Waals surface area contributed by atoms with Crippen LogP contribution in [0.25, 0.3) is 0 Å². The van der Waals surface area contributed by atoms with Crippen molar-refractivity contribution in [2.75, 3.05) is 32.8 Å². The molecule has 1 amide bonds. The third kappa shape index (κ3) is 4.18. The molecular weight excluding hydrogens is 292 g/mol. The van der Waals surface area contributed by atoms with E-state index in [2.05, 4.69) is 5.32 Å². The number of hydrogen-bond acceptors (Lipinski definition) is 4. The van der Waals surface area contributed by atoms with E-state index < -0.39 is 0 Å².